The predicted octanol–water partition coefficient (Wildman–Crippen LogP) is 1.19. The Hall–Kier alpha value is -0.910. The average Bonchev–Trinajstić information content (AvgIpc) is 2.26. The van der Waals surface area contributed by atoms with Crippen molar-refractivity contribution in [3.05, 3.63) is 35.9 Å². The molecule has 0 radical (unpaired) electrons. The van der Waals surface area contributed by atoms with Crippen molar-refractivity contribution in [1.82, 2.24) is 4.31 Å². The molecule has 4 nitrogen and oxygen atoms in total. The van der Waals surface area contributed by atoms with Crippen LogP contribution in [0.25, 0.3) is 0 Å². The Morgan fingerprint density at radius 1 is 1.24 bits per heavy atom. The molecule has 0 aliphatic rings. The normalized spacial score (nSPS) is 12.3. The van der Waals surface area contributed by atoms with Crippen LogP contribution in [0.3, 0.4) is 0 Å². The zero-order chi connectivity index (χ0) is 12.9. The van der Waals surface area contributed by atoms with Crippen LogP contribution in [0.15, 0.2) is 30.3 Å². The lowest BCUT2D eigenvalue weighted by Gasteiger charge is -2.25. The van der Waals surface area contributed by atoms with E-state index in [1.165, 1.54) is 4.31 Å². The van der Waals surface area contributed by atoms with E-state index in [2.05, 4.69) is 0 Å². The van der Waals surface area contributed by atoms with Crippen LogP contribution in [0.1, 0.15) is 19.4 Å². The molecule has 0 fully saturated rings. The van der Waals surface area contributed by atoms with Crippen molar-refractivity contribution in [2.75, 3.05) is 13.1 Å². The van der Waals surface area contributed by atoms with Gasteiger partial charge in [0.2, 0.25) is 10.0 Å². The van der Waals surface area contributed by atoms with E-state index in [4.69, 9.17) is 5.73 Å². The molecule has 0 saturated carbocycles. The number of nitrogens with two attached hydrogens (primary N) is 1. The average molecular weight is 256 g/mol. The molecule has 0 atom stereocenters. The molecule has 96 valence electrons. The topological polar surface area (TPSA) is 63.4 Å². The van der Waals surface area contributed by atoms with Gasteiger partial charge in [-0.15, -0.1) is 0 Å². The zero-order valence-electron chi connectivity index (χ0n) is 10.3. The molecule has 0 saturated heterocycles. The minimum absolute atomic E-state index is 0.0337. The minimum atomic E-state index is -3.28. The number of sulfonamides is 1. The van der Waals surface area contributed by atoms with Crippen LogP contribution in [0.2, 0.25) is 0 Å². The Balaban J connectivity index is 2.86. The van der Waals surface area contributed by atoms with Crippen LogP contribution < -0.4 is 5.73 Å². The van der Waals surface area contributed by atoms with Crippen molar-refractivity contribution in [3.63, 3.8) is 0 Å². The molecular weight excluding hydrogens is 236 g/mol. The highest BCUT2D eigenvalue weighted by atomic mass is 32.2. The van der Waals surface area contributed by atoms with Crippen LogP contribution in [0, 0.1) is 0 Å². The van der Waals surface area contributed by atoms with Crippen LogP contribution >= 0.6 is 0 Å². The Bertz CT molecular complexity index is 429. The highest BCUT2D eigenvalue weighted by Crippen LogP contribution is 2.13. The maximum absolute atomic E-state index is 12.2. The van der Waals surface area contributed by atoms with E-state index < -0.39 is 10.0 Å². The van der Waals surface area contributed by atoms with Gasteiger partial charge in [0.25, 0.3) is 0 Å². The molecule has 0 amide bonds. The molecule has 5 heteroatoms. The predicted molar refractivity (Wildman–Crippen MR) is 70.0 cm³/mol. The molecular formula is C12H20N2O2S. The van der Waals surface area contributed by atoms with Crippen LogP contribution in [-0.4, -0.2) is 31.9 Å². The van der Waals surface area contributed by atoms with Crippen molar-refractivity contribution in [2.24, 2.45) is 5.73 Å². The third-order valence-corrected chi connectivity index (χ3v) is 4.49. The van der Waals surface area contributed by atoms with Crippen LogP contribution in [0.4, 0.5) is 0 Å². The van der Waals surface area contributed by atoms with Gasteiger partial charge in [0.1, 0.15) is 0 Å². The summed E-state index contributed by atoms with van der Waals surface area (Å²) in [5, 5.41) is 0. The molecule has 0 spiro atoms. The van der Waals surface area contributed by atoms with E-state index in [1.807, 2.05) is 44.2 Å². The summed E-state index contributed by atoms with van der Waals surface area (Å²) in [5.41, 5.74) is 6.25. The second-order valence-electron chi connectivity index (χ2n) is 4.23. The molecule has 0 aliphatic heterocycles. The molecule has 1 rings (SSSR count). The summed E-state index contributed by atoms with van der Waals surface area (Å²) in [5.74, 6) is 0.0337. The van der Waals surface area contributed by atoms with Crippen molar-refractivity contribution < 1.29 is 8.42 Å². The Morgan fingerprint density at radius 2 is 1.82 bits per heavy atom. The molecule has 0 aliphatic carbocycles. The van der Waals surface area contributed by atoms with Gasteiger partial charge in [-0.25, -0.2) is 8.42 Å². The maximum atomic E-state index is 12.2. The van der Waals surface area contributed by atoms with Gasteiger partial charge in [0, 0.05) is 19.1 Å². The lowest BCUT2D eigenvalue weighted by atomic mass is 10.2. The number of rotatable bonds is 6. The van der Waals surface area contributed by atoms with Gasteiger partial charge in [-0.1, -0.05) is 30.3 Å². The first kappa shape index (κ1) is 14.2. The van der Waals surface area contributed by atoms with Gasteiger partial charge in [-0.2, -0.15) is 4.31 Å². The second-order valence-corrected chi connectivity index (χ2v) is 6.16. The summed E-state index contributed by atoms with van der Waals surface area (Å²) < 4.78 is 25.9. The lowest BCUT2D eigenvalue weighted by molar-refractivity contribution is 0.361. The summed E-state index contributed by atoms with van der Waals surface area (Å²) in [6.07, 6.45) is 0. The first-order valence-corrected chi connectivity index (χ1v) is 7.32. The molecule has 0 heterocycles. The highest BCUT2D eigenvalue weighted by molar-refractivity contribution is 7.88. The van der Waals surface area contributed by atoms with E-state index in [9.17, 15) is 8.42 Å². The number of hydrogen-bond acceptors (Lipinski definition) is 3. The molecule has 17 heavy (non-hydrogen) atoms. The molecule has 2 N–H and O–H groups in total. The summed E-state index contributed by atoms with van der Waals surface area (Å²) in [4.78, 5) is 0. The fourth-order valence-corrected chi connectivity index (χ4v) is 3.52. The monoisotopic (exact) mass is 256 g/mol. The quantitative estimate of drug-likeness (QED) is 0.831. The van der Waals surface area contributed by atoms with Crippen LogP contribution in [0.5, 0.6) is 0 Å². The Kier molecular flexibility index (Phi) is 5.11. The third-order valence-electron chi connectivity index (χ3n) is 2.47. The zero-order valence-corrected chi connectivity index (χ0v) is 11.2. The van der Waals surface area contributed by atoms with Gasteiger partial charge < -0.3 is 5.73 Å². The van der Waals surface area contributed by atoms with Crippen molar-refractivity contribution in [3.8, 4) is 0 Å². The summed E-state index contributed by atoms with van der Waals surface area (Å²) in [6.45, 7) is 4.43. The fourth-order valence-electron chi connectivity index (χ4n) is 1.71. The van der Waals surface area contributed by atoms with Gasteiger partial charge in [0.05, 0.1) is 5.75 Å². The number of benzene rings is 1. The van der Waals surface area contributed by atoms with Crippen molar-refractivity contribution in [1.29, 1.82) is 0 Å². The molecule has 1 aromatic carbocycles. The smallest absolute Gasteiger partial charge is 0.218 e. The summed E-state index contributed by atoms with van der Waals surface area (Å²) >= 11 is 0. The highest BCUT2D eigenvalue weighted by Gasteiger charge is 2.24. The molecule has 0 bridgehead atoms. The van der Waals surface area contributed by atoms with E-state index in [0.717, 1.165) is 5.56 Å². The van der Waals surface area contributed by atoms with Crippen molar-refractivity contribution in [2.45, 2.75) is 25.6 Å². The Labute approximate surface area is 103 Å². The van der Waals surface area contributed by atoms with Crippen LogP contribution in [-0.2, 0) is 15.8 Å². The van der Waals surface area contributed by atoms with Gasteiger partial charge in [0.15, 0.2) is 0 Å². The van der Waals surface area contributed by atoms with E-state index in [1.54, 1.807) is 0 Å². The number of hydrogen-bond donors (Lipinski definition) is 1. The second kappa shape index (κ2) is 6.14. The lowest BCUT2D eigenvalue weighted by Crippen LogP contribution is -2.40. The maximum Gasteiger partial charge on any atom is 0.218 e. The van der Waals surface area contributed by atoms with Gasteiger partial charge in [-0.05, 0) is 19.4 Å². The van der Waals surface area contributed by atoms with E-state index >= 15 is 0 Å². The first-order chi connectivity index (χ1) is 7.97. The molecule has 0 aromatic heterocycles. The van der Waals surface area contributed by atoms with Crippen molar-refractivity contribution >= 4 is 10.0 Å². The van der Waals surface area contributed by atoms with E-state index in [-0.39, 0.29) is 11.8 Å². The summed E-state index contributed by atoms with van der Waals surface area (Å²) in [6, 6.07) is 9.13. The van der Waals surface area contributed by atoms with E-state index in [0.29, 0.717) is 13.1 Å². The number of nitrogens with zero attached hydrogens (tertiary/aromatic N) is 1. The Morgan fingerprint density at radius 3 is 2.29 bits per heavy atom. The summed E-state index contributed by atoms with van der Waals surface area (Å²) in [7, 11) is -3.28. The third kappa shape index (κ3) is 4.11. The van der Waals surface area contributed by atoms with Gasteiger partial charge in [-0.3, -0.25) is 0 Å². The SMILES string of the molecule is CC(C)N(CCN)S(=O)(=O)Cc1ccccc1. The minimum Gasteiger partial charge on any atom is -0.329 e. The molecule has 0 unspecified atom stereocenters. The standard InChI is InChI=1S/C12H20N2O2S/c1-11(2)14(9-8-13)17(15,16)10-12-6-4-3-5-7-12/h3-7,11H,8-10,13H2,1-2H3. The fraction of sp³-hybridized carbons (Fsp3) is 0.500. The largest absolute Gasteiger partial charge is 0.329 e. The van der Waals surface area contributed by atoms with Gasteiger partial charge >= 0.3 is 0 Å². The molecule has 1 aromatic rings. The first-order valence-electron chi connectivity index (χ1n) is 5.71.